The maximum Gasteiger partial charge on any atom is 0.224 e. The van der Waals surface area contributed by atoms with Gasteiger partial charge in [0.05, 0.1) is 12.3 Å². The molecule has 116 valence electrons. The van der Waals surface area contributed by atoms with E-state index in [1.807, 2.05) is 6.07 Å². The van der Waals surface area contributed by atoms with Crippen molar-refractivity contribution in [1.29, 1.82) is 0 Å². The smallest absolute Gasteiger partial charge is 0.224 e. The summed E-state index contributed by atoms with van der Waals surface area (Å²) in [5, 5.41) is 2.49. The minimum atomic E-state index is -0.999. The quantitative estimate of drug-likeness (QED) is 0.635. The van der Waals surface area contributed by atoms with E-state index >= 15 is 0 Å². The number of anilines is 2. The van der Waals surface area contributed by atoms with Gasteiger partial charge in [0.15, 0.2) is 11.6 Å². The Hall–Kier alpha value is -2.63. The van der Waals surface area contributed by atoms with Crippen LogP contribution in [0.15, 0.2) is 42.5 Å². The van der Waals surface area contributed by atoms with E-state index in [0.717, 1.165) is 12.1 Å². The van der Waals surface area contributed by atoms with Crippen LogP contribution < -0.4 is 15.8 Å². The zero-order valence-corrected chi connectivity index (χ0v) is 11.8. The van der Waals surface area contributed by atoms with Crippen molar-refractivity contribution >= 4 is 17.3 Å². The van der Waals surface area contributed by atoms with Gasteiger partial charge >= 0.3 is 0 Å². The van der Waals surface area contributed by atoms with E-state index in [9.17, 15) is 13.6 Å². The number of nitrogens with two attached hydrogens (primary N) is 1. The van der Waals surface area contributed by atoms with Crippen LogP contribution >= 0.6 is 0 Å². The number of rotatable bonds is 6. The van der Waals surface area contributed by atoms with Gasteiger partial charge in [-0.1, -0.05) is 12.1 Å². The number of carbonyl (C=O) groups is 1. The average Bonchev–Trinajstić information content (AvgIpc) is 2.49. The maximum absolute atomic E-state index is 13.0. The second-order valence-electron chi connectivity index (χ2n) is 4.67. The van der Waals surface area contributed by atoms with Crippen molar-refractivity contribution in [2.45, 2.75) is 12.8 Å². The highest BCUT2D eigenvalue weighted by Crippen LogP contribution is 2.20. The molecule has 0 unspecified atom stereocenters. The number of nitrogens with one attached hydrogen (secondary N) is 1. The second kappa shape index (κ2) is 7.40. The van der Waals surface area contributed by atoms with Gasteiger partial charge in [0.25, 0.3) is 0 Å². The molecule has 3 N–H and O–H groups in total. The molecule has 0 aliphatic rings. The summed E-state index contributed by atoms with van der Waals surface area (Å²) in [6.07, 6.45) is 0.676. The topological polar surface area (TPSA) is 64.3 Å². The summed E-state index contributed by atoms with van der Waals surface area (Å²) in [4.78, 5) is 11.7. The Kier molecular flexibility index (Phi) is 5.30. The zero-order chi connectivity index (χ0) is 15.9. The molecule has 0 aliphatic carbocycles. The molecule has 0 radical (unpaired) electrons. The zero-order valence-electron chi connectivity index (χ0n) is 11.8. The molecule has 0 aliphatic heterocycles. The van der Waals surface area contributed by atoms with Gasteiger partial charge in [-0.3, -0.25) is 4.79 Å². The monoisotopic (exact) mass is 306 g/mol. The first-order chi connectivity index (χ1) is 10.6. The molecule has 1 amide bonds. The molecular formula is C16H16F2N2O2. The second-order valence-corrected chi connectivity index (χ2v) is 4.67. The highest BCUT2D eigenvalue weighted by Gasteiger charge is 2.06. The van der Waals surface area contributed by atoms with Crippen molar-refractivity contribution in [3.8, 4) is 5.75 Å². The number of amides is 1. The van der Waals surface area contributed by atoms with Crippen LogP contribution in [0, 0.1) is 11.6 Å². The summed E-state index contributed by atoms with van der Waals surface area (Å²) in [5.41, 5.74) is 6.48. The molecule has 22 heavy (non-hydrogen) atoms. The van der Waals surface area contributed by atoms with Gasteiger partial charge in [0.2, 0.25) is 5.91 Å². The molecular weight excluding hydrogens is 290 g/mol. The number of para-hydroxylation sites is 2. The fourth-order valence-corrected chi connectivity index (χ4v) is 1.82. The largest absolute Gasteiger partial charge is 0.491 e. The van der Waals surface area contributed by atoms with Gasteiger partial charge in [-0.05, 0) is 30.7 Å². The van der Waals surface area contributed by atoms with E-state index in [4.69, 9.17) is 10.5 Å². The van der Waals surface area contributed by atoms with Crippen LogP contribution in [0.2, 0.25) is 0 Å². The van der Waals surface area contributed by atoms with Crippen molar-refractivity contribution in [3.63, 3.8) is 0 Å². The van der Waals surface area contributed by atoms with Crippen LogP contribution in [0.3, 0.4) is 0 Å². The molecule has 4 nitrogen and oxygen atoms in total. The van der Waals surface area contributed by atoms with Gasteiger partial charge in [-0.25, -0.2) is 8.78 Å². The Morgan fingerprint density at radius 1 is 1.14 bits per heavy atom. The standard InChI is InChI=1S/C16H16F2N2O2/c17-12-8-7-11(10-13(12)18)20-16(21)6-3-9-22-15-5-2-1-4-14(15)19/h1-2,4-5,7-8,10H,3,6,9,19H2,(H,20,21). The molecule has 0 heterocycles. The highest BCUT2D eigenvalue weighted by molar-refractivity contribution is 5.90. The van der Waals surface area contributed by atoms with Crippen LogP contribution in [0.4, 0.5) is 20.2 Å². The summed E-state index contributed by atoms with van der Waals surface area (Å²) >= 11 is 0. The van der Waals surface area contributed by atoms with Crippen LogP contribution in [-0.2, 0) is 4.79 Å². The molecule has 0 aromatic heterocycles. The molecule has 0 saturated carbocycles. The normalized spacial score (nSPS) is 10.3. The molecule has 0 atom stereocenters. The van der Waals surface area contributed by atoms with Crippen molar-refractivity contribution in [2.24, 2.45) is 0 Å². The average molecular weight is 306 g/mol. The minimum Gasteiger partial charge on any atom is -0.491 e. The molecule has 0 fully saturated rings. The van der Waals surface area contributed by atoms with Gasteiger partial charge in [-0.15, -0.1) is 0 Å². The van der Waals surface area contributed by atoms with Crippen LogP contribution in [-0.4, -0.2) is 12.5 Å². The van der Waals surface area contributed by atoms with E-state index in [2.05, 4.69) is 5.32 Å². The van der Waals surface area contributed by atoms with E-state index in [-0.39, 0.29) is 18.0 Å². The summed E-state index contributed by atoms with van der Waals surface area (Å²) in [7, 11) is 0. The summed E-state index contributed by atoms with van der Waals surface area (Å²) in [6, 6.07) is 10.3. The molecule has 2 aromatic carbocycles. The van der Waals surface area contributed by atoms with E-state index in [1.54, 1.807) is 18.2 Å². The number of benzene rings is 2. The fourth-order valence-electron chi connectivity index (χ4n) is 1.82. The lowest BCUT2D eigenvalue weighted by molar-refractivity contribution is -0.116. The first-order valence-corrected chi connectivity index (χ1v) is 6.78. The lowest BCUT2D eigenvalue weighted by Crippen LogP contribution is -2.13. The Morgan fingerprint density at radius 3 is 2.64 bits per heavy atom. The van der Waals surface area contributed by atoms with Crippen molar-refractivity contribution in [3.05, 3.63) is 54.1 Å². The van der Waals surface area contributed by atoms with Crippen molar-refractivity contribution < 1.29 is 18.3 Å². The van der Waals surface area contributed by atoms with Gasteiger partial charge in [-0.2, -0.15) is 0 Å². The summed E-state index contributed by atoms with van der Waals surface area (Å²) in [5.74, 6) is -1.67. The third-order valence-electron chi connectivity index (χ3n) is 2.93. The Balaban J connectivity index is 1.74. The molecule has 2 aromatic rings. The minimum absolute atomic E-state index is 0.200. The number of nitrogen functional groups attached to an aromatic ring is 1. The lowest BCUT2D eigenvalue weighted by Gasteiger charge is -2.09. The number of ether oxygens (including phenoxy) is 1. The van der Waals surface area contributed by atoms with E-state index in [0.29, 0.717) is 24.5 Å². The predicted molar refractivity (Wildman–Crippen MR) is 80.6 cm³/mol. The molecule has 0 saturated heterocycles. The van der Waals surface area contributed by atoms with Crippen LogP contribution in [0.5, 0.6) is 5.75 Å². The molecule has 6 heteroatoms. The highest BCUT2D eigenvalue weighted by atomic mass is 19.2. The molecule has 0 bridgehead atoms. The number of carbonyl (C=O) groups excluding carboxylic acids is 1. The SMILES string of the molecule is Nc1ccccc1OCCCC(=O)Nc1ccc(F)c(F)c1. The van der Waals surface area contributed by atoms with E-state index in [1.165, 1.54) is 6.07 Å². The number of halogens is 2. The van der Waals surface area contributed by atoms with E-state index < -0.39 is 11.6 Å². The maximum atomic E-state index is 13.0. The van der Waals surface area contributed by atoms with Crippen LogP contribution in [0.1, 0.15) is 12.8 Å². The Morgan fingerprint density at radius 2 is 1.91 bits per heavy atom. The fraction of sp³-hybridized carbons (Fsp3) is 0.188. The predicted octanol–water partition coefficient (Wildman–Crippen LogP) is 3.34. The first-order valence-electron chi connectivity index (χ1n) is 6.78. The van der Waals surface area contributed by atoms with Gasteiger partial charge in [0, 0.05) is 18.2 Å². The van der Waals surface area contributed by atoms with Crippen molar-refractivity contribution in [2.75, 3.05) is 17.7 Å². The van der Waals surface area contributed by atoms with Gasteiger partial charge in [0.1, 0.15) is 5.75 Å². The number of hydrogen-bond acceptors (Lipinski definition) is 3. The molecule has 2 rings (SSSR count). The Labute approximate surface area is 126 Å². The third kappa shape index (κ3) is 4.44. The lowest BCUT2D eigenvalue weighted by atomic mass is 10.2. The number of hydrogen-bond donors (Lipinski definition) is 2. The first kappa shape index (κ1) is 15.8. The summed E-state index contributed by atoms with van der Waals surface area (Å²) in [6.45, 7) is 0.333. The van der Waals surface area contributed by atoms with Crippen LogP contribution in [0.25, 0.3) is 0 Å². The summed E-state index contributed by atoms with van der Waals surface area (Å²) < 4.78 is 31.2. The Bertz CT molecular complexity index is 662. The molecule has 0 spiro atoms. The van der Waals surface area contributed by atoms with Gasteiger partial charge < -0.3 is 15.8 Å². The third-order valence-corrected chi connectivity index (χ3v) is 2.93. The van der Waals surface area contributed by atoms with Crippen molar-refractivity contribution in [1.82, 2.24) is 0 Å².